The Labute approximate surface area is 161 Å². The third kappa shape index (κ3) is 4.98. The van der Waals surface area contributed by atoms with Gasteiger partial charge in [-0.05, 0) is 48.6 Å². The number of benzene rings is 1. The lowest BCUT2D eigenvalue weighted by molar-refractivity contribution is 0.207. The average Bonchev–Trinajstić information content (AvgIpc) is 2.68. The zero-order valence-corrected chi connectivity index (χ0v) is 16.4. The summed E-state index contributed by atoms with van der Waals surface area (Å²) in [4.78, 5) is 13.4. The predicted octanol–water partition coefficient (Wildman–Crippen LogP) is 3.38. The van der Waals surface area contributed by atoms with Crippen LogP contribution in [0, 0.1) is 12.8 Å². The van der Waals surface area contributed by atoms with Gasteiger partial charge in [0.15, 0.2) is 0 Å². The van der Waals surface area contributed by atoms with E-state index in [9.17, 15) is 5.21 Å². The van der Waals surface area contributed by atoms with E-state index >= 15 is 0 Å². The van der Waals surface area contributed by atoms with Crippen LogP contribution < -0.4 is 10.4 Å². The van der Waals surface area contributed by atoms with Crippen molar-refractivity contribution in [1.29, 1.82) is 0 Å². The summed E-state index contributed by atoms with van der Waals surface area (Å²) < 4.78 is 0. The Bertz CT molecular complexity index is 764. The van der Waals surface area contributed by atoms with Gasteiger partial charge in [0.2, 0.25) is 5.96 Å². The molecule has 0 bridgehead atoms. The van der Waals surface area contributed by atoms with Crippen LogP contribution >= 0.6 is 0 Å². The predicted molar refractivity (Wildman–Crippen MR) is 110 cm³/mol. The van der Waals surface area contributed by atoms with E-state index in [1.54, 1.807) is 0 Å². The summed E-state index contributed by atoms with van der Waals surface area (Å²) in [6.45, 7) is 9.73. The molecular weight excluding hydrogens is 338 g/mol. The van der Waals surface area contributed by atoms with Crippen LogP contribution in [0.3, 0.4) is 0 Å². The van der Waals surface area contributed by atoms with Crippen molar-refractivity contribution in [2.45, 2.75) is 27.2 Å². The number of piperazine rings is 1. The van der Waals surface area contributed by atoms with Crippen LogP contribution in [0.4, 0.5) is 11.5 Å². The Morgan fingerprint density at radius 3 is 2.44 bits per heavy atom. The van der Waals surface area contributed by atoms with E-state index < -0.39 is 0 Å². The van der Waals surface area contributed by atoms with Gasteiger partial charge in [-0.2, -0.15) is 0 Å². The Morgan fingerprint density at radius 2 is 1.85 bits per heavy atom. The maximum atomic E-state index is 9.59. The van der Waals surface area contributed by atoms with Gasteiger partial charge < -0.3 is 9.80 Å². The molecule has 1 saturated heterocycles. The molecule has 2 N–H and O–H groups in total. The van der Waals surface area contributed by atoms with Crippen LogP contribution in [0.1, 0.15) is 25.0 Å². The monoisotopic (exact) mass is 367 g/mol. The minimum atomic E-state index is 0.490. The average molecular weight is 367 g/mol. The van der Waals surface area contributed by atoms with E-state index in [4.69, 9.17) is 0 Å². The maximum Gasteiger partial charge on any atom is 0.223 e. The van der Waals surface area contributed by atoms with Crippen molar-refractivity contribution in [2.75, 3.05) is 31.1 Å². The number of rotatable bonds is 4. The number of guanidine groups is 1. The summed E-state index contributed by atoms with van der Waals surface area (Å²) in [5.74, 6) is 2.16. The zero-order chi connectivity index (χ0) is 19.2. The number of aliphatic imine (C=N–C) groups is 1. The molecule has 1 aliphatic heterocycles. The fourth-order valence-corrected chi connectivity index (χ4v) is 3.41. The Kier molecular flexibility index (Phi) is 6.29. The van der Waals surface area contributed by atoms with Crippen molar-refractivity contribution < 1.29 is 5.21 Å². The fraction of sp³-hybridized carbons (Fsp3) is 0.429. The number of nitrogens with one attached hydrogen (secondary N) is 1. The first-order valence-corrected chi connectivity index (χ1v) is 9.56. The summed E-state index contributed by atoms with van der Waals surface area (Å²) in [6, 6.07) is 12.3. The smallest absolute Gasteiger partial charge is 0.223 e. The molecule has 0 aliphatic carbocycles. The van der Waals surface area contributed by atoms with Crippen LogP contribution in [0.15, 0.2) is 47.6 Å². The summed E-state index contributed by atoms with van der Waals surface area (Å²) in [7, 11) is 0. The van der Waals surface area contributed by atoms with Crippen LogP contribution in [-0.2, 0) is 6.42 Å². The van der Waals surface area contributed by atoms with Gasteiger partial charge in [0, 0.05) is 32.4 Å². The van der Waals surface area contributed by atoms with Crippen LogP contribution in [0.25, 0.3) is 0 Å². The van der Waals surface area contributed by atoms with Crippen molar-refractivity contribution >= 4 is 17.5 Å². The molecule has 0 atom stereocenters. The minimum absolute atomic E-state index is 0.490. The molecular formula is C21H29N5O. The first kappa shape index (κ1) is 19.2. The van der Waals surface area contributed by atoms with Crippen LogP contribution in [-0.4, -0.2) is 47.2 Å². The standard InChI is InChI=1S/C21H29N5O/c1-16(2)15-18-6-8-19(9-7-18)23-21(24-27)26-13-11-25(12-14-26)20-17(3)5-4-10-22-20/h4-10,16,27H,11-15H2,1-3H3,(H,23,24). The van der Waals surface area contributed by atoms with Gasteiger partial charge in [-0.1, -0.05) is 32.0 Å². The number of anilines is 1. The molecule has 6 heteroatoms. The molecule has 0 amide bonds. The number of pyridine rings is 1. The molecule has 1 aromatic carbocycles. The molecule has 1 aliphatic rings. The molecule has 0 saturated carbocycles. The number of nitrogens with zero attached hydrogens (tertiary/aromatic N) is 4. The second-order valence-electron chi connectivity index (χ2n) is 7.43. The highest BCUT2D eigenvalue weighted by Crippen LogP contribution is 2.19. The number of aryl methyl sites for hydroxylation is 1. The molecule has 1 aromatic heterocycles. The molecule has 6 nitrogen and oxygen atoms in total. The molecule has 0 unspecified atom stereocenters. The quantitative estimate of drug-likeness (QED) is 0.493. The molecule has 2 aromatic rings. The third-order valence-corrected chi connectivity index (χ3v) is 4.78. The van der Waals surface area contributed by atoms with Crippen molar-refractivity contribution in [2.24, 2.45) is 10.9 Å². The largest absolute Gasteiger partial charge is 0.353 e. The number of hydroxylamine groups is 1. The van der Waals surface area contributed by atoms with Crippen molar-refractivity contribution in [3.05, 3.63) is 53.7 Å². The maximum absolute atomic E-state index is 9.59. The molecule has 3 rings (SSSR count). The van der Waals surface area contributed by atoms with E-state index in [0.29, 0.717) is 11.9 Å². The van der Waals surface area contributed by atoms with E-state index in [1.807, 2.05) is 24.4 Å². The first-order valence-electron chi connectivity index (χ1n) is 9.56. The Hall–Kier alpha value is -2.60. The molecule has 27 heavy (non-hydrogen) atoms. The topological polar surface area (TPSA) is 64.0 Å². The summed E-state index contributed by atoms with van der Waals surface area (Å²) in [6.07, 6.45) is 2.89. The summed E-state index contributed by atoms with van der Waals surface area (Å²) in [5, 5.41) is 9.59. The lowest BCUT2D eigenvalue weighted by Gasteiger charge is -2.36. The Morgan fingerprint density at radius 1 is 1.15 bits per heavy atom. The van der Waals surface area contributed by atoms with Crippen LogP contribution in [0.5, 0.6) is 0 Å². The fourth-order valence-electron chi connectivity index (χ4n) is 3.41. The highest BCUT2D eigenvalue weighted by Gasteiger charge is 2.21. The third-order valence-electron chi connectivity index (χ3n) is 4.78. The number of hydrogen-bond donors (Lipinski definition) is 2. The van der Waals surface area contributed by atoms with Gasteiger partial charge in [-0.15, -0.1) is 0 Å². The van der Waals surface area contributed by atoms with E-state index in [1.165, 1.54) is 11.1 Å². The number of aromatic nitrogens is 1. The van der Waals surface area contributed by atoms with Crippen molar-refractivity contribution in [1.82, 2.24) is 15.4 Å². The van der Waals surface area contributed by atoms with Gasteiger partial charge in [0.05, 0.1) is 5.69 Å². The second kappa shape index (κ2) is 8.86. The highest BCUT2D eigenvalue weighted by molar-refractivity contribution is 5.82. The van der Waals surface area contributed by atoms with Gasteiger partial charge in [-0.3, -0.25) is 5.21 Å². The highest BCUT2D eigenvalue weighted by atomic mass is 16.5. The van der Waals surface area contributed by atoms with Crippen LogP contribution in [0.2, 0.25) is 0 Å². The second-order valence-corrected chi connectivity index (χ2v) is 7.43. The van der Waals surface area contributed by atoms with Gasteiger partial charge in [-0.25, -0.2) is 15.5 Å². The zero-order valence-electron chi connectivity index (χ0n) is 16.4. The minimum Gasteiger partial charge on any atom is -0.353 e. The van der Waals surface area contributed by atoms with Gasteiger partial charge in [0.25, 0.3) is 0 Å². The van der Waals surface area contributed by atoms with Gasteiger partial charge >= 0.3 is 0 Å². The lowest BCUT2D eigenvalue weighted by Crippen LogP contribution is -2.52. The van der Waals surface area contributed by atoms with Crippen molar-refractivity contribution in [3.63, 3.8) is 0 Å². The number of hydrogen-bond acceptors (Lipinski definition) is 4. The van der Waals surface area contributed by atoms with E-state index in [0.717, 1.165) is 44.1 Å². The van der Waals surface area contributed by atoms with Crippen molar-refractivity contribution in [3.8, 4) is 0 Å². The molecule has 0 radical (unpaired) electrons. The summed E-state index contributed by atoms with van der Waals surface area (Å²) >= 11 is 0. The molecule has 2 heterocycles. The van der Waals surface area contributed by atoms with E-state index in [-0.39, 0.29) is 0 Å². The molecule has 0 spiro atoms. The normalized spacial score (nSPS) is 15.4. The first-order chi connectivity index (χ1) is 13.1. The molecule has 144 valence electrons. The Balaban J connectivity index is 1.65. The van der Waals surface area contributed by atoms with E-state index in [2.05, 4.69) is 64.2 Å². The molecule has 1 fully saturated rings. The lowest BCUT2D eigenvalue weighted by atomic mass is 10.0. The SMILES string of the molecule is Cc1cccnc1N1CCN(C(=Nc2ccc(CC(C)C)cc2)NO)CC1. The summed E-state index contributed by atoms with van der Waals surface area (Å²) in [5.41, 5.74) is 5.60. The van der Waals surface area contributed by atoms with Gasteiger partial charge in [0.1, 0.15) is 5.82 Å².